The van der Waals surface area contributed by atoms with Gasteiger partial charge in [0.05, 0.1) is 6.61 Å². The highest BCUT2D eigenvalue weighted by molar-refractivity contribution is 6.04. The zero-order chi connectivity index (χ0) is 13.7. The van der Waals surface area contributed by atoms with Gasteiger partial charge in [0, 0.05) is 0 Å². The summed E-state index contributed by atoms with van der Waals surface area (Å²) in [5.74, 6) is 0.464. The monoisotopic (exact) mass is 262 g/mol. The van der Waals surface area contributed by atoms with Gasteiger partial charge in [-0.1, -0.05) is 31.9 Å². The molecule has 1 aliphatic heterocycles. The van der Waals surface area contributed by atoms with E-state index in [4.69, 9.17) is 4.74 Å². The molecule has 0 unspecified atom stereocenters. The highest BCUT2D eigenvalue weighted by atomic mass is 16.5. The van der Waals surface area contributed by atoms with Crippen LogP contribution in [0.25, 0.3) is 0 Å². The first kappa shape index (κ1) is 13.4. The summed E-state index contributed by atoms with van der Waals surface area (Å²) in [7, 11) is 0. The van der Waals surface area contributed by atoms with Crippen LogP contribution in [0.15, 0.2) is 24.3 Å². The Bertz CT molecular complexity index is 456. The molecule has 0 aliphatic carbocycles. The molecule has 5 nitrogen and oxygen atoms in total. The van der Waals surface area contributed by atoms with Crippen molar-refractivity contribution in [1.29, 1.82) is 0 Å². The third kappa shape index (κ3) is 3.47. The second-order valence-electron chi connectivity index (χ2n) is 4.52. The van der Waals surface area contributed by atoms with Crippen LogP contribution >= 0.6 is 0 Å². The van der Waals surface area contributed by atoms with E-state index in [0.29, 0.717) is 6.61 Å². The lowest BCUT2D eigenvalue weighted by atomic mass is 10.1. The maximum absolute atomic E-state index is 11.5. The predicted molar refractivity (Wildman–Crippen MR) is 70.9 cm³/mol. The van der Waals surface area contributed by atoms with E-state index >= 15 is 0 Å². The molecule has 3 amide bonds. The molecule has 1 fully saturated rings. The van der Waals surface area contributed by atoms with Crippen LogP contribution in [0.3, 0.4) is 0 Å². The molecule has 2 rings (SSSR count). The lowest BCUT2D eigenvalue weighted by Crippen LogP contribution is -2.22. The number of benzene rings is 1. The van der Waals surface area contributed by atoms with Gasteiger partial charge in [0.2, 0.25) is 0 Å². The second kappa shape index (κ2) is 6.22. The largest absolute Gasteiger partial charge is 0.494 e. The molecule has 0 bridgehead atoms. The number of hydrogen-bond donors (Lipinski definition) is 2. The van der Waals surface area contributed by atoms with Crippen molar-refractivity contribution >= 4 is 11.9 Å². The van der Waals surface area contributed by atoms with Crippen molar-refractivity contribution in [2.75, 3.05) is 6.61 Å². The van der Waals surface area contributed by atoms with E-state index in [1.807, 2.05) is 12.1 Å². The standard InChI is InChI=1S/C14H18N2O3/c1-2-3-4-9-19-11-7-5-10(6-8-11)12-13(17)16-14(18)15-12/h5-8,12H,2-4,9H2,1H3,(H2,15,16,17,18)/t12-/m0/s1. The van der Waals surface area contributed by atoms with E-state index < -0.39 is 12.1 Å². The molecule has 1 heterocycles. The van der Waals surface area contributed by atoms with Crippen molar-refractivity contribution in [3.63, 3.8) is 0 Å². The minimum atomic E-state index is -0.596. The van der Waals surface area contributed by atoms with Gasteiger partial charge >= 0.3 is 6.03 Å². The molecule has 102 valence electrons. The van der Waals surface area contributed by atoms with Gasteiger partial charge in [-0.3, -0.25) is 10.1 Å². The first-order chi connectivity index (χ1) is 9.20. The summed E-state index contributed by atoms with van der Waals surface area (Å²) in [4.78, 5) is 22.5. The number of carbonyl (C=O) groups is 2. The maximum Gasteiger partial charge on any atom is 0.322 e. The van der Waals surface area contributed by atoms with Crippen molar-refractivity contribution in [3.8, 4) is 5.75 Å². The Morgan fingerprint density at radius 3 is 2.47 bits per heavy atom. The number of ether oxygens (including phenoxy) is 1. The Labute approximate surface area is 112 Å². The van der Waals surface area contributed by atoms with Crippen molar-refractivity contribution < 1.29 is 14.3 Å². The first-order valence-corrected chi connectivity index (χ1v) is 6.55. The third-order valence-electron chi connectivity index (χ3n) is 3.00. The van der Waals surface area contributed by atoms with Crippen LogP contribution in [0.1, 0.15) is 37.8 Å². The molecule has 5 heteroatoms. The van der Waals surface area contributed by atoms with Crippen molar-refractivity contribution in [1.82, 2.24) is 10.6 Å². The molecule has 1 aliphatic rings. The van der Waals surface area contributed by atoms with Crippen LogP contribution in [0.4, 0.5) is 4.79 Å². The SMILES string of the molecule is CCCCCOc1ccc([C@@H]2NC(=O)NC2=O)cc1. The smallest absolute Gasteiger partial charge is 0.322 e. The van der Waals surface area contributed by atoms with E-state index in [1.54, 1.807) is 12.1 Å². The minimum Gasteiger partial charge on any atom is -0.494 e. The van der Waals surface area contributed by atoms with Gasteiger partial charge in [0.25, 0.3) is 5.91 Å². The zero-order valence-corrected chi connectivity index (χ0v) is 10.9. The molecular weight excluding hydrogens is 244 g/mol. The number of carbonyl (C=O) groups excluding carboxylic acids is 2. The van der Waals surface area contributed by atoms with Crippen LogP contribution in [0, 0.1) is 0 Å². The molecule has 0 radical (unpaired) electrons. The molecule has 2 N–H and O–H groups in total. The molecule has 19 heavy (non-hydrogen) atoms. The summed E-state index contributed by atoms with van der Waals surface area (Å²) >= 11 is 0. The van der Waals surface area contributed by atoms with E-state index in [0.717, 1.165) is 24.2 Å². The summed E-state index contributed by atoms with van der Waals surface area (Å²) in [6.07, 6.45) is 3.37. The average Bonchev–Trinajstić information content (AvgIpc) is 2.75. The molecular formula is C14H18N2O3. The Balaban J connectivity index is 1.91. The number of nitrogens with one attached hydrogen (secondary N) is 2. The molecule has 0 saturated carbocycles. The number of unbranched alkanes of at least 4 members (excludes halogenated alkanes) is 2. The molecule has 1 atom stereocenters. The normalized spacial score (nSPS) is 18.1. The van der Waals surface area contributed by atoms with Crippen LogP contribution in [-0.4, -0.2) is 18.5 Å². The molecule has 0 aromatic heterocycles. The van der Waals surface area contributed by atoms with E-state index in [-0.39, 0.29) is 5.91 Å². The summed E-state index contributed by atoms with van der Waals surface area (Å²) in [5, 5.41) is 4.77. The number of hydrogen-bond acceptors (Lipinski definition) is 3. The number of urea groups is 1. The quantitative estimate of drug-likeness (QED) is 0.609. The Hall–Kier alpha value is -2.04. The predicted octanol–water partition coefficient (Wildman–Crippen LogP) is 2.14. The lowest BCUT2D eigenvalue weighted by molar-refractivity contribution is -0.120. The summed E-state index contributed by atoms with van der Waals surface area (Å²) in [6, 6.07) is 6.19. The fourth-order valence-corrected chi connectivity index (χ4v) is 1.95. The van der Waals surface area contributed by atoms with Gasteiger partial charge in [-0.25, -0.2) is 4.79 Å². The number of amides is 3. The van der Waals surface area contributed by atoms with Gasteiger partial charge in [-0.05, 0) is 24.1 Å². The van der Waals surface area contributed by atoms with E-state index in [2.05, 4.69) is 17.6 Å². The second-order valence-corrected chi connectivity index (χ2v) is 4.52. The van der Waals surface area contributed by atoms with Crippen molar-refractivity contribution in [2.24, 2.45) is 0 Å². The highest BCUT2D eigenvalue weighted by Gasteiger charge is 2.30. The minimum absolute atomic E-state index is 0.318. The number of rotatable bonds is 6. The molecule has 1 saturated heterocycles. The van der Waals surface area contributed by atoms with Crippen LogP contribution in [0.2, 0.25) is 0 Å². The van der Waals surface area contributed by atoms with Gasteiger partial charge in [-0.2, -0.15) is 0 Å². The van der Waals surface area contributed by atoms with Crippen LogP contribution < -0.4 is 15.4 Å². The van der Waals surface area contributed by atoms with Crippen LogP contribution in [-0.2, 0) is 4.79 Å². The molecule has 0 spiro atoms. The summed E-state index contributed by atoms with van der Waals surface area (Å²) < 4.78 is 5.59. The average molecular weight is 262 g/mol. The van der Waals surface area contributed by atoms with Gasteiger partial charge in [0.15, 0.2) is 0 Å². The van der Waals surface area contributed by atoms with Gasteiger partial charge in [-0.15, -0.1) is 0 Å². The van der Waals surface area contributed by atoms with Crippen molar-refractivity contribution in [2.45, 2.75) is 32.2 Å². The fraction of sp³-hybridized carbons (Fsp3) is 0.429. The zero-order valence-electron chi connectivity index (χ0n) is 10.9. The van der Waals surface area contributed by atoms with Gasteiger partial charge < -0.3 is 10.1 Å². The first-order valence-electron chi connectivity index (χ1n) is 6.55. The van der Waals surface area contributed by atoms with Gasteiger partial charge in [0.1, 0.15) is 11.8 Å². The Kier molecular flexibility index (Phi) is 4.39. The third-order valence-corrected chi connectivity index (χ3v) is 3.00. The summed E-state index contributed by atoms with van der Waals surface area (Å²) in [6.45, 7) is 2.85. The molecule has 1 aromatic carbocycles. The van der Waals surface area contributed by atoms with Crippen molar-refractivity contribution in [3.05, 3.63) is 29.8 Å². The van der Waals surface area contributed by atoms with E-state index in [9.17, 15) is 9.59 Å². The fourth-order valence-electron chi connectivity index (χ4n) is 1.95. The Morgan fingerprint density at radius 2 is 1.89 bits per heavy atom. The maximum atomic E-state index is 11.5. The highest BCUT2D eigenvalue weighted by Crippen LogP contribution is 2.20. The Morgan fingerprint density at radius 1 is 1.16 bits per heavy atom. The van der Waals surface area contributed by atoms with Crippen LogP contribution in [0.5, 0.6) is 5.75 Å². The number of imide groups is 1. The molecule has 1 aromatic rings. The lowest BCUT2D eigenvalue weighted by Gasteiger charge is -2.09. The van der Waals surface area contributed by atoms with E-state index in [1.165, 1.54) is 6.42 Å². The summed E-state index contributed by atoms with van der Waals surface area (Å²) in [5.41, 5.74) is 0.754. The topological polar surface area (TPSA) is 67.4 Å².